The molecule has 1 rings (SSSR count). The second-order valence-electron chi connectivity index (χ2n) is 2.71. The highest BCUT2D eigenvalue weighted by Crippen LogP contribution is 2.09. The molecule has 0 radical (unpaired) electrons. The van der Waals surface area contributed by atoms with Crippen molar-refractivity contribution >= 4 is 27.7 Å². The summed E-state index contributed by atoms with van der Waals surface area (Å²) in [5.41, 5.74) is 0. The summed E-state index contributed by atoms with van der Waals surface area (Å²) in [6.45, 7) is 1.95. The third-order valence-corrected chi connectivity index (χ3v) is 2.78. The number of hydrogen-bond donors (Lipinski definition) is 1. The summed E-state index contributed by atoms with van der Waals surface area (Å²) in [4.78, 5) is 11.3. The first-order valence-electron chi connectivity index (χ1n) is 4.08. The lowest BCUT2D eigenvalue weighted by atomic mass is 10.3. The van der Waals surface area contributed by atoms with Crippen molar-refractivity contribution in [3.8, 4) is 0 Å². The topological polar surface area (TPSA) is 46.9 Å². The van der Waals surface area contributed by atoms with E-state index in [9.17, 15) is 4.79 Å². The van der Waals surface area contributed by atoms with Crippen LogP contribution >= 0.6 is 15.9 Å². The van der Waals surface area contributed by atoms with Crippen molar-refractivity contribution < 1.29 is 4.79 Å². The van der Waals surface area contributed by atoms with Gasteiger partial charge in [0, 0.05) is 13.1 Å². The smallest absolute Gasteiger partial charge is 0.239 e. The van der Waals surface area contributed by atoms with Crippen LogP contribution < -0.4 is 5.32 Å². The molecule has 0 saturated carbocycles. The lowest BCUT2D eigenvalue weighted by Crippen LogP contribution is -2.23. The van der Waals surface area contributed by atoms with Crippen LogP contribution in [-0.2, 0) is 11.8 Å². The molecule has 1 heterocycles. The molecule has 0 aliphatic carbocycles. The van der Waals surface area contributed by atoms with E-state index in [0.29, 0.717) is 5.82 Å². The van der Waals surface area contributed by atoms with Crippen molar-refractivity contribution in [2.75, 3.05) is 5.32 Å². The van der Waals surface area contributed by atoms with Gasteiger partial charge < -0.3 is 5.32 Å². The molecule has 0 aliphatic heterocycles. The van der Waals surface area contributed by atoms with Crippen LogP contribution in [0.2, 0.25) is 0 Å². The number of nitrogens with one attached hydrogen (secondary N) is 1. The van der Waals surface area contributed by atoms with Crippen LogP contribution in [0.1, 0.15) is 13.3 Å². The maximum Gasteiger partial charge on any atom is 0.239 e. The van der Waals surface area contributed by atoms with Gasteiger partial charge in [-0.2, -0.15) is 5.10 Å². The Kier molecular flexibility index (Phi) is 3.48. The Morgan fingerprint density at radius 1 is 1.85 bits per heavy atom. The molecule has 1 unspecified atom stereocenters. The van der Waals surface area contributed by atoms with Gasteiger partial charge in [-0.1, -0.05) is 22.9 Å². The van der Waals surface area contributed by atoms with Gasteiger partial charge in [0.1, 0.15) is 5.82 Å². The van der Waals surface area contributed by atoms with E-state index in [4.69, 9.17) is 0 Å². The van der Waals surface area contributed by atoms with Crippen LogP contribution in [0, 0.1) is 0 Å². The first kappa shape index (κ1) is 10.2. The van der Waals surface area contributed by atoms with Gasteiger partial charge in [0.25, 0.3) is 0 Å². The van der Waals surface area contributed by atoms with Crippen LogP contribution in [0.5, 0.6) is 0 Å². The molecule has 0 saturated heterocycles. The zero-order chi connectivity index (χ0) is 9.84. The van der Waals surface area contributed by atoms with Crippen molar-refractivity contribution in [2.24, 2.45) is 7.05 Å². The molecule has 0 aromatic carbocycles. The number of alkyl halides is 1. The number of anilines is 1. The maximum absolute atomic E-state index is 11.4. The average Bonchev–Trinajstić information content (AvgIpc) is 2.50. The monoisotopic (exact) mass is 245 g/mol. The van der Waals surface area contributed by atoms with Gasteiger partial charge in [-0.15, -0.1) is 0 Å². The van der Waals surface area contributed by atoms with Gasteiger partial charge >= 0.3 is 0 Å². The van der Waals surface area contributed by atoms with E-state index in [-0.39, 0.29) is 10.7 Å². The van der Waals surface area contributed by atoms with Crippen LogP contribution in [0.25, 0.3) is 0 Å². The molecule has 1 aromatic rings. The number of carbonyl (C=O) groups is 1. The molecule has 13 heavy (non-hydrogen) atoms. The average molecular weight is 246 g/mol. The van der Waals surface area contributed by atoms with E-state index in [1.54, 1.807) is 24.0 Å². The van der Waals surface area contributed by atoms with Crippen LogP contribution in [0.3, 0.4) is 0 Å². The van der Waals surface area contributed by atoms with Crippen molar-refractivity contribution in [3.63, 3.8) is 0 Å². The third kappa shape index (κ3) is 2.55. The van der Waals surface area contributed by atoms with E-state index < -0.39 is 0 Å². The van der Waals surface area contributed by atoms with Crippen LogP contribution in [-0.4, -0.2) is 20.5 Å². The molecular weight excluding hydrogens is 234 g/mol. The molecule has 5 heteroatoms. The normalized spacial score (nSPS) is 12.5. The fourth-order valence-corrected chi connectivity index (χ4v) is 1.00. The molecule has 0 fully saturated rings. The molecule has 0 spiro atoms. The summed E-state index contributed by atoms with van der Waals surface area (Å²) in [6.07, 6.45) is 2.41. The fourth-order valence-electron chi connectivity index (χ4n) is 0.887. The van der Waals surface area contributed by atoms with Gasteiger partial charge in [0.05, 0.1) is 11.0 Å². The van der Waals surface area contributed by atoms with E-state index in [1.807, 2.05) is 6.92 Å². The van der Waals surface area contributed by atoms with Crippen LogP contribution in [0.15, 0.2) is 12.3 Å². The molecule has 1 N–H and O–H groups in total. The Labute approximate surface area is 85.4 Å². The summed E-state index contributed by atoms with van der Waals surface area (Å²) >= 11 is 3.27. The van der Waals surface area contributed by atoms with Crippen molar-refractivity contribution in [2.45, 2.75) is 18.2 Å². The molecule has 1 amide bonds. The van der Waals surface area contributed by atoms with Gasteiger partial charge in [0.2, 0.25) is 5.91 Å². The van der Waals surface area contributed by atoms with Gasteiger partial charge in [-0.25, -0.2) is 0 Å². The first-order valence-corrected chi connectivity index (χ1v) is 4.99. The number of halogens is 1. The number of rotatable bonds is 3. The minimum Gasteiger partial charge on any atom is -0.310 e. The highest BCUT2D eigenvalue weighted by Gasteiger charge is 2.13. The van der Waals surface area contributed by atoms with Crippen LogP contribution in [0.4, 0.5) is 5.82 Å². The molecule has 72 valence electrons. The summed E-state index contributed by atoms with van der Waals surface area (Å²) in [5, 5.41) is 6.70. The highest BCUT2D eigenvalue weighted by molar-refractivity contribution is 9.10. The standard InChI is InChI=1S/C8H12BrN3O/c1-3-6(9)8(13)11-7-4-5-10-12(7)2/h4-6H,3H2,1-2H3,(H,11,13). The second kappa shape index (κ2) is 4.41. The molecule has 1 atom stereocenters. The number of aromatic nitrogens is 2. The Bertz CT molecular complexity index is 297. The van der Waals surface area contributed by atoms with E-state index >= 15 is 0 Å². The number of carbonyl (C=O) groups excluding carboxylic acids is 1. The van der Waals surface area contributed by atoms with Crippen molar-refractivity contribution in [1.82, 2.24) is 9.78 Å². The summed E-state index contributed by atoms with van der Waals surface area (Å²) in [7, 11) is 1.78. The maximum atomic E-state index is 11.4. The second-order valence-corrected chi connectivity index (χ2v) is 3.81. The number of nitrogens with zero attached hydrogens (tertiary/aromatic N) is 2. The number of hydrogen-bond acceptors (Lipinski definition) is 2. The highest BCUT2D eigenvalue weighted by atomic mass is 79.9. The van der Waals surface area contributed by atoms with E-state index in [2.05, 4.69) is 26.3 Å². The Hall–Kier alpha value is -0.840. The van der Waals surface area contributed by atoms with Gasteiger partial charge in [-0.05, 0) is 6.42 Å². The Morgan fingerprint density at radius 3 is 3.00 bits per heavy atom. The number of aryl methyl sites for hydroxylation is 1. The molecule has 0 aliphatic rings. The zero-order valence-electron chi connectivity index (χ0n) is 7.62. The molecule has 4 nitrogen and oxygen atoms in total. The lowest BCUT2D eigenvalue weighted by Gasteiger charge is -2.08. The minimum absolute atomic E-state index is 0.0360. The van der Waals surface area contributed by atoms with E-state index in [0.717, 1.165) is 6.42 Å². The molecule has 0 bridgehead atoms. The predicted molar refractivity (Wildman–Crippen MR) is 54.8 cm³/mol. The summed E-state index contributed by atoms with van der Waals surface area (Å²) in [5.74, 6) is 0.675. The number of amides is 1. The third-order valence-electron chi connectivity index (χ3n) is 1.72. The Morgan fingerprint density at radius 2 is 2.54 bits per heavy atom. The quantitative estimate of drug-likeness (QED) is 0.822. The van der Waals surface area contributed by atoms with Crippen molar-refractivity contribution in [1.29, 1.82) is 0 Å². The molecular formula is C8H12BrN3O. The molecule has 1 aromatic heterocycles. The summed E-state index contributed by atoms with van der Waals surface area (Å²) in [6, 6.07) is 1.76. The van der Waals surface area contributed by atoms with Crippen molar-refractivity contribution in [3.05, 3.63) is 12.3 Å². The SMILES string of the molecule is CCC(Br)C(=O)Nc1ccnn1C. The summed E-state index contributed by atoms with van der Waals surface area (Å²) < 4.78 is 1.62. The lowest BCUT2D eigenvalue weighted by molar-refractivity contribution is -0.115. The van der Waals surface area contributed by atoms with Gasteiger partial charge in [0.15, 0.2) is 0 Å². The van der Waals surface area contributed by atoms with E-state index in [1.165, 1.54) is 0 Å². The largest absolute Gasteiger partial charge is 0.310 e. The van der Waals surface area contributed by atoms with Gasteiger partial charge in [-0.3, -0.25) is 9.48 Å². The zero-order valence-corrected chi connectivity index (χ0v) is 9.21. The predicted octanol–water partition coefficient (Wildman–Crippen LogP) is 1.53. The Balaban J connectivity index is 2.60. The fraction of sp³-hybridized carbons (Fsp3) is 0.500. The minimum atomic E-state index is -0.137. The first-order chi connectivity index (χ1) is 6.15.